The molecule has 0 radical (unpaired) electrons. The molecule has 49 heavy (non-hydrogen) atoms. The molecule has 2 aromatic heterocycles. The second-order valence-corrected chi connectivity index (χ2v) is 13.6. The molecule has 0 aliphatic rings. The molecule has 0 spiro atoms. The van der Waals surface area contributed by atoms with Gasteiger partial charge in [-0.25, -0.2) is 0 Å². The van der Waals surface area contributed by atoms with Crippen molar-refractivity contribution in [3.63, 3.8) is 0 Å². The first-order valence-corrected chi connectivity index (χ1v) is 17.5. The van der Waals surface area contributed by atoms with Crippen LogP contribution in [0.4, 0.5) is 17.1 Å². The molecule has 0 unspecified atom stereocenters. The molecule has 0 saturated carbocycles. The first kappa shape index (κ1) is 27.9. The predicted molar refractivity (Wildman–Crippen MR) is 211 cm³/mol. The third-order valence-corrected chi connectivity index (χ3v) is 11.0. The summed E-state index contributed by atoms with van der Waals surface area (Å²) in [6.45, 7) is 0. The van der Waals surface area contributed by atoms with E-state index in [0.717, 1.165) is 22.7 Å². The highest BCUT2D eigenvalue weighted by molar-refractivity contribution is 7.26. The van der Waals surface area contributed by atoms with Gasteiger partial charge in [0.25, 0.3) is 0 Å². The van der Waals surface area contributed by atoms with Crippen molar-refractivity contribution in [2.24, 2.45) is 0 Å². The van der Waals surface area contributed by atoms with Crippen molar-refractivity contribution < 1.29 is 0 Å². The molecule has 8 aromatic carbocycles. The molecule has 10 rings (SSSR count). The smallest absolute Gasteiger partial charge is 0.0541 e. The largest absolute Gasteiger partial charge is 0.310 e. The van der Waals surface area contributed by atoms with Crippen LogP contribution < -0.4 is 4.90 Å². The number of rotatable bonds is 5. The van der Waals surface area contributed by atoms with E-state index in [2.05, 4.69) is 191 Å². The molecule has 0 fully saturated rings. The Morgan fingerprint density at radius 1 is 0.367 bits per heavy atom. The van der Waals surface area contributed by atoms with Gasteiger partial charge in [0, 0.05) is 58.8 Å². The molecule has 0 amide bonds. The molecule has 0 aliphatic heterocycles. The van der Waals surface area contributed by atoms with Crippen LogP contribution in [0.25, 0.3) is 69.6 Å². The number of hydrogen-bond donors (Lipinski definition) is 0. The summed E-state index contributed by atoms with van der Waals surface area (Å²) in [5, 5.41) is 7.70. The number of para-hydroxylation sites is 2. The number of nitrogens with zero attached hydrogens (tertiary/aromatic N) is 2. The molecule has 0 atom stereocenters. The molecule has 0 aliphatic carbocycles. The zero-order chi connectivity index (χ0) is 32.3. The number of thiophene rings is 1. The number of benzene rings is 8. The maximum atomic E-state index is 2.41. The van der Waals surface area contributed by atoms with Gasteiger partial charge in [-0.2, -0.15) is 0 Å². The summed E-state index contributed by atoms with van der Waals surface area (Å²) >= 11 is 1.88. The zero-order valence-corrected chi connectivity index (χ0v) is 27.4. The van der Waals surface area contributed by atoms with E-state index in [1.807, 2.05) is 11.3 Å². The van der Waals surface area contributed by atoms with Crippen molar-refractivity contribution in [3.8, 4) is 16.8 Å². The SMILES string of the molecule is c1ccc(-c2ccc(N(c3ccc(-n4c5ccccc5c5ccccc54)cc3)c3cccc4c3ccc3c5ccccc5sc43)cc2)cc1. The summed E-state index contributed by atoms with van der Waals surface area (Å²) in [6.07, 6.45) is 0. The lowest BCUT2D eigenvalue weighted by atomic mass is 10.0. The van der Waals surface area contributed by atoms with Crippen LogP contribution in [0.1, 0.15) is 0 Å². The van der Waals surface area contributed by atoms with E-state index in [0.29, 0.717) is 0 Å². The Hall–Kier alpha value is -6.16. The lowest BCUT2D eigenvalue weighted by Crippen LogP contribution is -2.10. The highest BCUT2D eigenvalue weighted by Gasteiger charge is 2.19. The maximum Gasteiger partial charge on any atom is 0.0541 e. The van der Waals surface area contributed by atoms with Crippen molar-refractivity contribution in [2.75, 3.05) is 4.90 Å². The van der Waals surface area contributed by atoms with Gasteiger partial charge >= 0.3 is 0 Å². The topological polar surface area (TPSA) is 8.17 Å². The fourth-order valence-electron chi connectivity index (χ4n) is 7.53. The van der Waals surface area contributed by atoms with E-state index in [1.165, 1.54) is 63.9 Å². The van der Waals surface area contributed by atoms with Crippen molar-refractivity contribution >= 4 is 81.1 Å². The van der Waals surface area contributed by atoms with Gasteiger partial charge in [0.05, 0.1) is 16.7 Å². The molecule has 230 valence electrons. The van der Waals surface area contributed by atoms with Crippen molar-refractivity contribution in [1.29, 1.82) is 0 Å². The first-order valence-electron chi connectivity index (χ1n) is 16.7. The summed E-state index contributed by atoms with van der Waals surface area (Å²) in [5.41, 5.74) is 9.38. The van der Waals surface area contributed by atoms with Crippen LogP contribution in [0.5, 0.6) is 0 Å². The average molecular weight is 643 g/mol. The minimum absolute atomic E-state index is 1.11. The Morgan fingerprint density at radius 3 is 1.61 bits per heavy atom. The fourth-order valence-corrected chi connectivity index (χ4v) is 8.76. The van der Waals surface area contributed by atoms with E-state index in [-0.39, 0.29) is 0 Å². The molecule has 2 heterocycles. The van der Waals surface area contributed by atoms with Gasteiger partial charge in [-0.1, -0.05) is 121 Å². The predicted octanol–water partition coefficient (Wildman–Crippen LogP) is 13.4. The second kappa shape index (κ2) is 11.2. The summed E-state index contributed by atoms with van der Waals surface area (Å²) in [5.74, 6) is 0. The minimum atomic E-state index is 1.11. The number of hydrogen-bond acceptors (Lipinski definition) is 2. The van der Waals surface area contributed by atoms with Gasteiger partial charge in [-0.15, -0.1) is 11.3 Å². The molecule has 3 heteroatoms. The van der Waals surface area contributed by atoms with Crippen LogP contribution in [0, 0.1) is 0 Å². The molecular formula is C46H30N2S. The minimum Gasteiger partial charge on any atom is -0.310 e. The Morgan fingerprint density at radius 2 is 0.898 bits per heavy atom. The first-order chi connectivity index (χ1) is 24.3. The lowest BCUT2D eigenvalue weighted by molar-refractivity contribution is 1.17. The Labute approximate surface area is 288 Å². The number of fused-ring (bicyclic) bond motifs is 8. The van der Waals surface area contributed by atoms with Crippen molar-refractivity contribution in [3.05, 3.63) is 182 Å². The monoisotopic (exact) mass is 642 g/mol. The molecule has 0 saturated heterocycles. The maximum absolute atomic E-state index is 2.41. The highest BCUT2D eigenvalue weighted by atomic mass is 32.1. The van der Waals surface area contributed by atoms with Gasteiger partial charge in [0.15, 0.2) is 0 Å². The van der Waals surface area contributed by atoms with Gasteiger partial charge in [-0.3, -0.25) is 0 Å². The van der Waals surface area contributed by atoms with Gasteiger partial charge in [-0.05, 0) is 71.8 Å². The average Bonchev–Trinajstić information content (AvgIpc) is 3.72. The molecule has 10 aromatic rings. The van der Waals surface area contributed by atoms with Crippen LogP contribution in [-0.2, 0) is 0 Å². The Bertz CT molecular complexity index is 2750. The van der Waals surface area contributed by atoms with E-state index in [4.69, 9.17) is 0 Å². The summed E-state index contributed by atoms with van der Waals surface area (Å²) in [6, 6.07) is 66.1. The second-order valence-electron chi connectivity index (χ2n) is 12.5. The van der Waals surface area contributed by atoms with E-state index in [9.17, 15) is 0 Å². The molecule has 2 nitrogen and oxygen atoms in total. The lowest BCUT2D eigenvalue weighted by Gasteiger charge is -2.27. The third-order valence-electron chi connectivity index (χ3n) is 9.80. The van der Waals surface area contributed by atoms with Gasteiger partial charge in [0.2, 0.25) is 0 Å². The van der Waals surface area contributed by atoms with Crippen LogP contribution in [0.3, 0.4) is 0 Å². The Kier molecular flexibility index (Phi) is 6.39. The fraction of sp³-hybridized carbons (Fsp3) is 0. The van der Waals surface area contributed by atoms with Crippen LogP contribution in [-0.4, -0.2) is 4.57 Å². The Balaban J connectivity index is 1.16. The van der Waals surface area contributed by atoms with Crippen LogP contribution >= 0.6 is 11.3 Å². The molecule has 0 N–H and O–H groups in total. The zero-order valence-electron chi connectivity index (χ0n) is 26.6. The summed E-state index contributed by atoms with van der Waals surface area (Å²) < 4.78 is 5.04. The van der Waals surface area contributed by atoms with E-state index in [1.54, 1.807) is 0 Å². The number of aromatic nitrogens is 1. The highest BCUT2D eigenvalue weighted by Crippen LogP contribution is 2.44. The molecule has 0 bridgehead atoms. The van der Waals surface area contributed by atoms with Gasteiger partial charge < -0.3 is 9.47 Å². The summed E-state index contributed by atoms with van der Waals surface area (Å²) in [7, 11) is 0. The number of anilines is 3. The van der Waals surface area contributed by atoms with Crippen LogP contribution in [0.2, 0.25) is 0 Å². The van der Waals surface area contributed by atoms with Crippen molar-refractivity contribution in [1.82, 2.24) is 4.57 Å². The van der Waals surface area contributed by atoms with Crippen LogP contribution in [0.15, 0.2) is 182 Å². The normalized spacial score (nSPS) is 11.7. The van der Waals surface area contributed by atoms with E-state index < -0.39 is 0 Å². The third kappa shape index (κ3) is 4.47. The standard InChI is InChI=1S/C46H30N2S/c1-2-11-31(12-3-1)32-21-23-33(24-22-32)47(42-19-10-16-40-38(42)29-30-41-39-15-6-9-20-45(39)49-46(40)41)34-25-27-35(28-26-34)48-43-17-7-4-13-36(43)37-14-5-8-18-44(37)48/h1-30H. The van der Waals surface area contributed by atoms with Crippen molar-refractivity contribution in [2.45, 2.75) is 0 Å². The van der Waals surface area contributed by atoms with E-state index >= 15 is 0 Å². The molecular weight excluding hydrogens is 613 g/mol. The quantitative estimate of drug-likeness (QED) is 0.181. The summed E-state index contributed by atoms with van der Waals surface area (Å²) in [4.78, 5) is 2.41. The van der Waals surface area contributed by atoms with Gasteiger partial charge in [0.1, 0.15) is 0 Å².